The predicted octanol–water partition coefficient (Wildman–Crippen LogP) is 2.59. The third-order valence-corrected chi connectivity index (χ3v) is 5.38. The molecule has 2 amide bonds. The van der Waals surface area contributed by atoms with Crippen LogP contribution in [0.25, 0.3) is 0 Å². The highest BCUT2D eigenvalue weighted by Gasteiger charge is 2.33. The van der Waals surface area contributed by atoms with Gasteiger partial charge in [0.2, 0.25) is 5.91 Å². The molecule has 1 N–H and O–H groups in total. The van der Waals surface area contributed by atoms with Crippen LogP contribution in [-0.2, 0) is 14.3 Å². The monoisotopic (exact) mass is 368 g/mol. The Morgan fingerprint density at radius 1 is 1.08 bits per heavy atom. The van der Waals surface area contributed by atoms with Gasteiger partial charge in [0.15, 0.2) is 0 Å². The van der Waals surface area contributed by atoms with Crippen LogP contribution >= 0.6 is 0 Å². The van der Waals surface area contributed by atoms with Crippen LogP contribution in [-0.4, -0.2) is 64.7 Å². The second-order valence-corrected chi connectivity index (χ2v) is 8.65. The fraction of sp³-hybridized carbons (Fsp3) is 0.842. The van der Waals surface area contributed by atoms with E-state index in [9.17, 15) is 14.4 Å². The Balaban J connectivity index is 1.76. The van der Waals surface area contributed by atoms with Crippen molar-refractivity contribution in [3.63, 3.8) is 0 Å². The Labute approximate surface area is 155 Å². The normalized spacial score (nSPS) is 23.0. The lowest BCUT2D eigenvalue weighted by Gasteiger charge is -2.36. The molecule has 7 nitrogen and oxygen atoms in total. The fourth-order valence-corrected chi connectivity index (χ4v) is 3.74. The quantitative estimate of drug-likeness (QED) is 0.824. The molecule has 2 heterocycles. The van der Waals surface area contributed by atoms with Gasteiger partial charge < -0.3 is 19.6 Å². The lowest BCUT2D eigenvalue weighted by Crippen LogP contribution is -2.43. The number of piperidine rings is 1. The number of nitrogens with zero attached hydrogens (tertiary/aromatic N) is 2. The van der Waals surface area contributed by atoms with Crippen molar-refractivity contribution in [3.05, 3.63) is 0 Å². The third-order valence-electron chi connectivity index (χ3n) is 5.38. The first-order valence-electron chi connectivity index (χ1n) is 9.55. The number of aliphatic carboxylic acids is 1. The molecule has 2 unspecified atom stereocenters. The first-order valence-corrected chi connectivity index (χ1v) is 9.55. The van der Waals surface area contributed by atoms with Crippen LogP contribution < -0.4 is 0 Å². The number of hydrogen-bond donors (Lipinski definition) is 1. The SMILES string of the molecule is CC(CC(=O)N1CCC(C(=O)O)C1)C1CCN(C(=O)OC(C)(C)C)CC1. The number of amides is 2. The van der Waals surface area contributed by atoms with E-state index >= 15 is 0 Å². The molecule has 0 aliphatic carbocycles. The zero-order valence-corrected chi connectivity index (χ0v) is 16.4. The van der Waals surface area contributed by atoms with Crippen LogP contribution in [0.15, 0.2) is 0 Å². The van der Waals surface area contributed by atoms with E-state index in [0.717, 1.165) is 12.8 Å². The Kier molecular flexibility index (Phi) is 6.53. The summed E-state index contributed by atoms with van der Waals surface area (Å²) in [6.45, 7) is 9.84. The van der Waals surface area contributed by atoms with Crippen LogP contribution in [0.2, 0.25) is 0 Å². The van der Waals surface area contributed by atoms with E-state index in [4.69, 9.17) is 9.84 Å². The molecule has 2 atom stereocenters. The van der Waals surface area contributed by atoms with Crippen molar-refractivity contribution in [3.8, 4) is 0 Å². The first-order chi connectivity index (χ1) is 12.1. The summed E-state index contributed by atoms with van der Waals surface area (Å²) in [4.78, 5) is 39.0. The second kappa shape index (κ2) is 8.27. The molecule has 26 heavy (non-hydrogen) atoms. The van der Waals surface area contributed by atoms with Crippen molar-refractivity contribution in [2.24, 2.45) is 17.8 Å². The summed E-state index contributed by atoms with van der Waals surface area (Å²) in [6.07, 6.45) is 2.46. The van der Waals surface area contributed by atoms with Gasteiger partial charge in [-0.25, -0.2) is 4.79 Å². The largest absolute Gasteiger partial charge is 0.481 e. The minimum atomic E-state index is -0.817. The summed E-state index contributed by atoms with van der Waals surface area (Å²) >= 11 is 0. The van der Waals surface area contributed by atoms with Crippen molar-refractivity contribution >= 4 is 18.0 Å². The van der Waals surface area contributed by atoms with E-state index in [1.807, 2.05) is 20.8 Å². The van der Waals surface area contributed by atoms with Crippen molar-refractivity contribution in [1.82, 2.24) is 9.80 Å². The Morgan fingerprint density at radius 3 is 2.15 bits per heavy atom. The lowest BCUT2D eigenvalue weighted by molar-refractivity contribution is -0.141. The number of carboxylic acid groups (broad SMARTS) is 1. The lowest BCUT2D eigenvalue weighted by atomic mass is 9.83. The highest BCUT2D eigenvalue weighted by molar-refractivity contribution is 5.79. The van der Waals surface area contributed by atoms with E-state index in [1.54, 1.807) is 9.80 Å². The molecule has 2 rings (SSSR count). The molecular formula is C19H32N2O5. The van der Waals surface area contributed by atoms with E-state index in [2.05, 4.69) is 6.92 Å². The van der Waals surface area contributed by atoms with Crippen LogP contribution in [0.3, 0.4) is 0 Å². The van der Waals surface area contributed by atoms with Crippen molar-refractivity contribution < 1.29 is 24.2 Å². The van der Waals surface area contributed by atoms with Crippen LogP contribution in [0.5, 0.6) is 0 Å². The van der Waals surface area contributed by atoms with Crippen molar-refractivity contribution in [1.29, 1.82) is 0 Å². The van der Waals surface area contributed by atoms with Crippen molar-refractivity contribution in [2.75, 3.05) is 26.2 Å². The number of rotatable bonds is 4. The number of carbonyl (C=O) groups excluding carboxylic acids is 2. The summed E-state index contributed by atoms with van der Waals surface area (Å²) in [6, 6.07) is 0. The summed E-state index contributed by atoms with van der Waals surface area (Å²) in [5.74, 6) is -0.562. The maximum absolute atomic E-state index is 12.4. The van der Waals surface area contributed by atoms with Gasteiger partial charge in [0, 0.05) is 32.6 Å². The standard InChI is InChI=1S/C19H32N2O5/c1-13(11-16(22)21-10-7-15(12-21)17(23)24)14-5-8-20(9-6-14)18(25)26-19(2,3)4/h13-15H,5-12H2,1-4H3,(H,23,24). The summed E-state index contributed by atoms with van der Waals surface area (Å²) < 4.78 is 5.41. The topological polar surface area (TPSA) is 87.2 Å². The first kappa shape index (κ1) is 20.5. The molecule has 148 valence electrons. The maximum atomic E-state index is 12.4. The summed E-state index contributed by atoms with van der Waals surface area (Å²) in [7, 11) is 0. The maximum Gasteiger partial charge on any atom is 0.410 e. The molecule has 2 aliphatic heterocycles. The Bertz CT molecular complexity index is 535. The molecule has 0 bridgehead atoms. The van der Waals surface area contributed by atoms with Gasteiger partial charge in [-0.05, 0) is 51.9 Å². The van der Waals surface area contributed by atoms with E-state index in [1.165, 1.54) is 0 Å². The van der Waals surface area contributed by atoms with E-state index < -0.39 is 17.5 Å². The molecule has 0 aromatic carbocycles. The molecular weight excluding hydrogens is 336 g/mol. The highest BCUT2D eigenvalue weighted by Crippen LogP contribution is 2.29. The minimum Gasteiger partial charge on any atom is -0.481 e. The molecule has 0 radical (unpaired) electrons. The second-order valence-electron chi connectivity index (χ2n) is 8.65. The minimum absolute atomic E-state index is 0.0517. The van der Waals surface area contributed by atoms with Gasteiger partial charge in [0.05, 0.1) is 5.92 Å². The molecule has 0 aromatic heterocycles. The number of carboxylic acids is 1. The zero-order chi connectivity index (χ0) is 19.5. The van der Waals surface area contributed by atoms with E-state index in [-0.39, 0.29) is 17.9 Å². The Morgan fingerprint density at radius 2 is 1.65 bits per heavy atom. The molecule has 0 spiro atoms. The predicted molar refractivity (Wildman–Crippen MR) is 96.6 cm³/mol. The van der Waals surface area contributed by atoms with Gasteiger partial charge in [-0.2, -0.15) is 0 Å². The fourth-order valence-electron chi connectivity index (χ4n) is 3.74. The van der Waals surface area contributed by atoms with E-state index in [0.29, 0.717) is 44.9 Å². The highest BCUT2D eigenvalue weighted by atomic mass is 16.6. The van der Waals surface area contributed by atoms with Gasteiger partial charge in [0.1, 0.15) is 5.60 Å². The van der Waals surface area contributed by atoms with Gasteiger partial charge >= 0.3 is 12.1 Å². The molecule has 0 saturated carbocycles. The third kappa shape index (κ3) is 5.61. The summed E-state index contributed by atoms with van der Waals surface area (Å²) in [5.41, 5.74) is -0.489. The average molecular weight is 368 g/mol. The molecule has 2 fully saturated rings. The van der Waals surface area contributed by atoms with Crippen LogP contribution in [0.1, 0.15) is 53.4 Å². The van der Waals surface area contributed by atoms with Crippen LogP contribution in [0, 0.1) is 17.8 Å². The molecule has 7 heteroatoms. The zero-order valence-electron chi connectivity index (χ0n) is 16.4. The molecule has 2 aliphatic rings. The summed E-state index contributed by atoms with van der Waals surface area (Å²) in [5, 5.41) is 9.06. The molecule has 2 saturated heterocycles. The van der Waals surface area contributed by atoms with Gasteiger partial charge in [-0.3, -0.25) is 9.59 Å². The van der Waals surface area contributed by atoms with Gasteiger partial charge in [0.25, 0.3) is 0 Å². The number of likely N-dealkylation sites (tertiary alicyclic amines) is 2. The number of carbonyl (C=O) groups is 3. The van der Waals surface area contributed by atoms with Gasteiger partial charge in [-0.1, -0.05) is 6.92 Å². The average Bonchev–Trinajstić information content (AvgIpc) is 3.03. The van der Waals surface area contributed by atoms with Crippen molar-refractivity contribution in [2.45, 2.75) is 59.0 Å². The van der Waals surface area contributed by atoms with Gasteiger partial charge in [-0.15, -0.1) is 0 Å². The Hall–Kier alpha value is -1.79. The molecule has 0 aromatic rings. The number of hydrogen-bond acceptors (Lipinski definition) is 4. The smallest absolute Gasteiger partial charge is 0.410 e. The van der Waals surface area contributed by atoms with Crippen LogP contribution in [0.4, 0.5) is 4.79 Å². The number of ether oxygens (including phenoxy) is 1.